The predicted molar refractivity (Wildman–Crippen MR) is 118 cm³/mol. The number of hydrogen-bond acceptors (Lipinski definition) is 7. The maximum absolute atomic E-state index is 13.1. The standard InChI is InChI=1S/C22H23N3O6S/c1-29-20-11-10-17(13-21(20)30-2)14-23-24-22(26)16-25(15-18-7-6-12-31-18)32(27,28)19-8-4-3-5-9-19/h3-14H,15-16H2,1-2H3,(H,24,26). The van der Waals surface area contributed by atoms with Crippen molar-refractivity contribution >= 4 is 22.1 Å². The number of amides is 1. The molecule has 1 N–H and O–H groups in total. The Labute approximate surface area is 186 Å². The van der Waals surface area contributed by atoms with Gasteiger partial charge in [0.15, 0.2) is 11.5 Å². The van der Waals surface area contributed by atoms with E-state index in [9.17, 15) is 13.2 Å². The smallest absolute Gasteiger partial charge is 0.255 e. The Bertz CT molecular complexity index is 1160. The molecule has 1 heterocycles. The summed E-state index contributed by atoms with van der Waals surface area (Å²) in [5.74, 6) is 0.883. The molecular weight excluding hydrogens is 434 g/mol. The number of rotatable bonds is 10. The van der Waals surface area contributed by atoms with Crippen LogP contribution in [-0.4, -0.2) is 45.6 Å². The molecule has 0 unspecified atom stereocenters. The molecule has 3 aromatic rings. The normalized spacial score (nSPS) is 11.6. The lowest BCUT2D eigenvalue weighted by atomic mass is 10.2. The molecule has 1 aromatic heterocycles. The Morgan fingerprint density at radius 3 is 2.47 bits per heavy atom. The second-order valence-electron chi connectivity index (χ2n) is 6.57. The summed E-state index contributed by atoms with van der Waals surface area (Å²) in [6, 6.07) is 16.3. The Hall–Kier alpha value is -3.63. The highest BCUT2D eigenvalue weighted by Crippen LogP contribution is 2.26. The fourth-order valence-corrected chi connectivity index (χ4v) is 4.23. The number of sulfonamides is 1. The molecule has 0 saturated heterocycles. The molecule has 1 amide bonds. The maximum Gasteiger partial charge on any atom is 0.255 e. The molecule has 0 atom stereocenters. The lowest BCUT2D eigenvalue weighted by molar-refractivity contribution is -0.121. The van der Waals surface area contributed by atoms with Crippen LogP contribution in [0.15, 0.2) is 81.3 Å². The van der Waals surface area contributed by atoms with Crippen LogP contribution >= 0.6 is 0 Å². The molecule has 0 saturated carbocycles. The second kappa shape index (κ2) is 10.6. The number of nitrogens with one attached hydrogen (secondary N) is 1. The third-order valence-electron chi connectivity index (χ3n) is 4.42. The minimum Gasteiger partial charge on any atom is -0.493 e. The number of carbonyl (C=O) groups excluding carboxylic acids is 1. The molecule has 0 bridgehead atoms. The molecule has 2 aromatic carbocycles. The van der Waals surface area contributed by atoms with Gasteiger partial charge in [-0.05, 0) is 48.0 Å². The minimum absolute atomic E-state index is 0.0770. The van der Waals surface area contributed by atoms with Crippen molar-refractivity contribution in [2.45, 2.75) is 11.4 Å². The van der Waals surface area contributed by atoms with Gasteiger partial charge >= 0.3 is 0 Å². The molecule has 32 heavy (non-hydrogen) atoms. The van der Waals surface area contributed by atoms with Crippen molar-refractivity contribution in [3.63, 3.8) is 0 Å². The number of furan rings is 1. The first-order valence-corrected chi connectivity index (χ1v) is 11.0. The van der Waals surface area contributed by atoms with Crippen LogP contribution in [-0.2, 0) is 21.4 Å². The Morgan fingerprint density at radius 1 is 1.06 bits per heavy atom. The molecule has 3 rings (SSSR count). The summed E-state index contributed by atoms with van der Waals surface area (Å²) >= 11 is 0. The van der Waals surface area contributed by atoms with Crippen LogP contribution in [0.4, 0.5) is 0 Å². The number of nitrogens with zero attached hydrogens (tertiary/aromatic N) is 2. The van der Waals surface area contributed by atoms with Gasteiger partial charge in [0.1, 0.15) is 5.76 Å². The van der Waals surface area contributed by atoms with Gasteiger partial charge in [0.25, 0.3) is 5.91 Å². The highest BCUT2D eigenvalue weighted by atomic mass is 32.2. The topological polar surface area (TPSA) is 110 Å². The SMILES string of the molecule is COc1ccc(C=NNC(=O)CN(Cc2ccco2)S(=O)(=O)c2ccccc2)cc1OC. The van der Waals surface area contributed by atoms with Crippen LogP contribution in [0.3, 0.4) is 0 Å². The van der Waals surface area contributed by atoms with E-state index in [2.05, 4.69) is 10.5 Å². The number of hydrogen-bond donors (Lipinski definition) is 1. The molecule has 0 aliphatic carbocycles. The van der Waals surface area contributed by atoms with E-state index in [4.69, 9.17) is 13.9 Å². The van der Waals surface area contributed by atoms with E-state index in [0.29, 0.717) is 22.8 Å². The minimum atomic E-state index is -3.94. The average molecular weight is 458 g/mol. The van der Waals surface area contributed by atoms with Crippen LogP contribution in [0.1, 0.15) is 11.3 Å². The third-order valence-corrected chi connectivity index (χ3v) is 6.23. The molecule has 168 valence electrons. The zero-order valence-electron chi connectivity index (χ0n) is 17.6. The third kappa shape index (κ3) is 5.74. The van der Waals surface area contributed by atoms with Crippen molar-refractivity contribution in [3.05, 3.63) is 78.3 Å². The van der Waals surface area contributed by atoms with Crippen LogP contribution in [0.2, 0.25) is 0 Å². The summed E-state index contributed by atoms with van der Waals surface area (Å²) in [5, 5.41) is 3.91. The van der Waals surface area contributed by atoms with Gasteiger partial charge in [0.05, 0.1) is 44.7 Å². The number of benzene rings is 2. The molecule has 0 spiro atoms. The number of hydrazone groups is 1. The molecule has 0 fully saturated rings. The quantitative estimate of drug-likeness (QED) is 0.370. The lowest BCUT2D eigenvalue weighted by Crippen LogP contribution is -2.38. The largest absolute Gasteiger partial charge is 0.493 e. The van der Waals surface area contributed by atoms with Crippen LogP contribution in [0.25, 0.3) is 0 Å². The number of methoxy groups -OCH3 is 2. The lowest BCUT2D eigenvalue weighted by Gasteiger charge is -2.20. The van der Waals surface area contributed by atoms with Gasteiger partial charge in [-0.15, -0.1) is 0 Å². The van der Waals surface area contributed by atoms with Crippen molar-refractivity contribution in [1.29, 1.82) is 0 Å². The van der Waals surface area contributed by atoms with E-state index in [1.807, 2.05) is 0 Å². The molecule has 0 aliphatic rings. The van der Waals surface area contributed by atoms with E-state index >= 15 is 0 Å². The summed E-state index contributed by atoms with van der Waals surface area (Å²) in [7, 11) is -0.889. The summed E-state index contributed by atoms with van der Waals surface area (Å²) in [6.45, 7) is -0.543. The van der Waals surface area contributed by atoms with Crippen molar-refractivity contribution in [2.24, 2.45) is 5.10 Å². The molecule has 0 radical (unpaired) electrons. The average Bonchev–Trinajstić information content (AvgIpc) is 3.32. The van der Waals surface area contributed by atoms with E-state index in [-0.39, 0.29) is 11.4 Å². The first-order valence-electron chi connectivity index (χ1n) is 9.55. The fraction of sp³-hybridized carbons (Fsp3) is 0.182. The van der Waals surface area contributed by atoms with Crippen LogP contribution < -0.4 is 14.9 Å². The second-order valence-corrected chi connectivity index (χ2v) is 8.51. The van der Waals surface area contributed by atoms with Gasteiger partial charge in [-0.1, -0.05) is 18.2 Å². The molecular formula is C22H23N3O6S. The first-order chi connectivity index (χ1) is 15.4. The van der Waals surface area contributed by atoms with E-state index in [0.717, 1.165) is 4.31 Å². The highest BCUT2D eigenvalue weighted by molar-refractivity contribution is 7.89. The first kappa shape index (κ1) is 23.0. The van der Waals surface area contributed by atoms with Crippen molar-refractivity contribution in [2.75, 3.05) is 20.8 Å². The number of ether oxygens (including phenoxy) is 2. The Kier molecular flexibility index (Phi) is 7.63. The Morgan fingerprint density at radius 2 is 1.81 bits per heavy atom. The Balaban J connectivity index is 1.72. The van der Waals surface area contributed by atoms with Gasteiger partial charge in [0, 0.05) is 0 Å². The molecule has 0 aliphatic heterocycles. The van der Waals surface area contributed by atoms with Crippen LogP contribution in [0, 0.1) is 0 Å². The van der Waals surface area contributed by atoms with Gasteiger partial charge in [-0.2, -0.15) is 9.41 Å². The van der Waals surface area contributed by atoms with E-state index < -0.39 is 22.5 Å². The van der Waals surface area contributed by atoms with E-state index in [1.54, 1.807) is 48.5 Å². The highest BCUT2D eigenvalue weighted by Gasteiger charge is 2.27. The fourth-order valence-electron chi connectivity index (χ4n) is 2.85. The summed E-state index contributed by atoms with van der Waals surface area (Å²) in [6.07, 6.45) is 2.86. The van der Waals surface area contributed by atoms with Gasteiger partial charge in [-0.3, -0.25) is 4.79 Å². The van der Waals surface area contributed by atoms with Crippen molar-refractivity contribution < 1.29 is 27.1 Å². The molecule has 9 nitrogen and oxygen atoms in total. The maximum atomic E-state index is 13.1. The molecule has 10 heteroatoms. The number of carbonyl (C=O) groups is 1. The van der Waals surface area contributed by atoms with Crippen LogP contribution in [0.5, 0.6) is 11.5 Å². The summed E-state index contributed by atoms with van der Waals surface area (Å²) in [4.78, 5) is 12.5. The van der Waals surface area contributed by atoms with Gasteiger partial charge in [-0.25, -0.2) is 13.8 Å². The van der Waals surface area contributed by atoms with Gasteiger partial charge < -0.3 is 13.9 Å². The predicted octanol–water partition coefficient (Wildman–Crippen LogP) is 2.64. The summed E-state index contributed by atoms with van der Waals surface area (Å²) in [5.41, 5.74) is 3.01. The monoisotopic (exact) mass is 457 g/mol. The van der Waals surface area contributed by atoms with E-state index in [1.165, 1.54) is 38.8 Å². The zero-order valence-corrected chi connectivity index (χ0v) is 18.4. The van der Waals surface area contributed by atoms with Crippen molar-refractivity contribution in [3.8, 4) is 11.5 Å². The van der Waals surface area contributed by atoms with Crippen molar-refractivity contribution in [1.82, 2.24) is 9.73 Å². The summed E-state index contributed by atoms with van der Waals surface area (Å²) < 4.78 is 42.8. The van der Waals surface area contributed by atoms with Gasteiger partial charge in [0.2, 0.25) is 10.0 Å². The zero-order chi connectivity index (χ0) is 23.0.